The van der Waals surface area contributed by atoms with Crippen molar-refractivity contribution in [3.05, 3.63) is 83.3 Å². The van der Waals surface area contributed by atoms with Gasteiger partial charge >= 0.3 is 5.97 Å². The van der Waals surface area contributed by atoms with E-state index >= 15 is 4.39 Å². The summed E-state index contributed by atoms with van der Waals surface area (Å²) in [5.74, 6) is -2.06. The number of benzene rings is 3. The molecule has 0 spiro atoms. The summed E-state index contributed by atoms with van der Waals surface area (Å²) in [5.41, 5.74) is 15.1. The van der Waals surface area contributed by atoms with Crippen LogP contribution in [-0.4, -0.2) is 22.0 Å². The lowest BCUT2D eigenvalue weighted by Crippen LogP contribution is -2.11. The van der Waals surface area contributed by atoms with Gasteiger partial charge in [0.2, 0.25) is 5.91 Å². The third-order valence-corrected chi connectivity index (χ3v) is 5.30. The van der Waals surface area contributed by atoms with Gasteiger partial charge in [-0.05, 0) is 28.8 Å². The van der Waals surface area contributed by atoms with Gasteiger partial charge in [-0.15, -0.1) is 0 Å². The van der Waals surface area contributed by atoms with Crippen molar-refractivity contribution in [2.24, 2.45) is 11.5 Å². The van der Waals surface area contributed by atoms with Crippen molar-refractivity contribution >= 4 is 22.8 Å². The van der Waals surface area contributed by atoms with E-state index in [1.807, 2.05) is 12.1 Å². The number of H-pyrrole nitrogens is 1. The number of amides is 1. The van der Waals surface area contributed by atoms with Crippen LogP contribution in [0.2, 0.25) is 0 Å². The molecule has 6 N–H and O–H groups in total. The highest BCUT2D eigenvalue weighted by atomic mass is 19.1. The quantitative estimate of drug-likeness (QED) is 0.381. The molecule has 0 bridgehead atoms. The molecule has 0 aliphatic rings. The molecule has 0 aliphatic heterocycles. The van der Waals surface area contributed by atoms with E-state index < -0.39 is 17.7 Å². The van der Waals surface area contributed by atoms with Gasteiger partial charge in [-0.1, -0.05) is 42.5 Å². The van der Waals surface area contributed by atoms with Crippen LogP contribution in [0.15, 0.2) is 60.8 Å². The van der Waals surface area contributed by atoms with Crippen LogP contribution < -0.4 is 11.5 Å². The van der Waals surface area contributed by atoms with Gasteiger partial charge in [0.15, 0.2) is 0 Å². The van der Waals surface area contributed by atoms with Crippen molar-refractivity contribution in [1.29, 1.82) is 0 Å². The maximum Gasteiger partial charge on any atom is 0.307 e. The highest BCUT2D eigenvalue weighted by molar-refractivity contribution is 6.10. The molecule has 1 heterocycles. The number of primary amides is 1. The predicted octanol–water partition coefficient (Wildman–Crippen LogP) is 3.83. The highest BCUT2D eigenvalue weighted by Crippen LogP contribution is 2.40. The summed E-state index contributed by atoms with van der Waals surface area (Å²) in [7, 11) is 0. The van der Waals surface area contributed by atoms with Crippen LogP contribution in [0.5, 0.6) is 0 Å². The molecule has 4 rings (SSSR count). The van der Waals surface area contributed by atoms with Crippen LogP contribution >= 0.6 is 0 Å². The zero-order chi connectivity index (χ0) is 22.1. The van der Waals surface area contributed by atoms with Gasteiger partial charge in [0, 0.05) is 45.9 Å². The molecule has 0 saturated heterocycles. The van der Waals surface area contributed by atoms with Crippen molar-refractivity contribution in [3.63, 3.8) is 0 Å². The lowest BCUT2D eigenvalue weighted by atomic mass is 9.91. The maximum absolute atomic E-state index is 15.2. The SMILES string of the molecule is NCc1cccc(-c2cc(C(N)=O)cc3[nH]cc(-c4ccccc4CC(=O)O)c23)c1F. The normalized spacial score (nSPS) is 11.0. The summed E-state index contributed by atoms with van der Waals surface area (Å²) in [5, 5.41) is 9.97. The first-order valence-corrected chi connectivity index (χ1v) is 9.63. The average molecular weight is 417 g/mol. The van der Waals surface area contributed by atoms with E-state index in [4.69, 9.17) is 11.5 Å². The minimum atomic E-state index is -0.953. The Labute approximate surface area is 177 Å². The Kier molecular flexibility index (Phi) is 5.27. The lowest BCUT2D eigenvalue weighted by molar-refractivity contribution is -0.136. The fourth-order valence-corrected chi connectivity index (χ4v) is 3.88. The molecule has 31 heavy (non-hydrogen) atoms. The molecule has 0 unspecified atom stereocenters. The molecule has 1 aromatic heterocycles. The largest absolute Gasteiger partial charge is 0.481 e. The molecule has 0 fully saturated rings. The number of rotatable bonds is 6. The van der Waals surface area contributed by atoms with E-state index in [0.29, 0.717) is 38.7 Å². The summed E-state index contributed by atoms with van der Waals surface area (Å²) >= 11 is 0. The maximum atomic E-state index is 15.2. The van der Waals surface area contributed by atoms with Crippen molar-refractivity contribution in [1.82, 2.24) is 4.98 Å². The van der Waals surface area contributed by atoms with Crippen LogP contribution in [0.3, 0.4) is 0 Å². The van der Waals surface area contributed by atoms with Gasteiger partial charge in [0.05, 0.1) is 6.42 Å². The summed E-state index contributed by atoms with van der Waals surface area (Å²) in [6, 6.07) is 15.2. The second kappa shape index (κ2) is 8.04. The number of hydrogen-bond acceptors (Lipinski definition) is 3. The van der Waals surface area contributed by atoms with Gasteiger partial charge in [-0.25, -0.2) is 4.39 Å². The number of fused-ring (bicyclic) bond motifs is 1. The molecule has 0 saturated carbocycles. The molecule has 6 nitrogen and oxygen atoms in total. The number of carboxylic acid groups (broad SMARTS) is 1. The monoisotopic (exact) mass is 417 g/mol. The fraction of sp³-hybridized carbons (Fsp3) is 0.0833. The number of nitrogens with one attached hydrogen (secondary N) is 1. The number of halogens is 1. The molecule has 0 radical (unpaired) electrons. The second-order valence-electron chi connectivity index (χ2n) is 7.22. The Morgan fingerprint density at radius 3 is 2.35 bits per heavy atom. The Hall–Kier alpha value is -3.97. The standard InChI is InChI=1S/C24H20FN3O3/c25-23-14(11-26)5-3-7-17(23)18-8-15(24(27)31)9-20-22(18)19(12-28-20)16-6-2-1-4-13(16)10-21(29)30/h1-9,12,28H,10-11,26H2,(H2,27,31)(H,29,30). The highest BCUT2D eigenvalue weighted by Gasteiger charge is 2.20. The summed E-state index contributed by atoms with van der Waals surface area (Å²) < 4.78 is 15.2. The van der Waals surface area contributed by atoms with E-state index in [1.54, 1.807) is 48.7 Å². The number of aromatic amines is 1. The number of hydrogen-bond donors (Lipinski definition) is 4. The Morgan fingerprint density at radius 1 is 0.935 bits per heavy atom. The van der Waals surface area contributed by atoms with Crippen LogP contribution in [0, 0.1) is 5.82 Å². The van der Waals surface area contributed by atoms with Gasteiger partial charge in [0.25, 0.3) is 0 Å². The van der Waals surface area contributed by atoms with E-state index in [9.17, 15) is 14.7 Å². The van der Waals surface area contributed by atoms with Crippen molar-refractivity contribution < 1.29 is 19.1 Å². The molecule has 1 amide bonds. The zero-order valence-corrected chi connectivity index (χ0v) is 16.5. The van der Waals surface area contributed by atoms with Crippen LogP contribution in [0.1, 0.15) is 21.5 Å². The van der Waals surface area contributed by atoms with Gasteiger partial charge in [0.1, 0.15) is 5.82 Å². The number of nitrogens with two attached hydrogens (primary N) is 2. The Balaban J connectivity index is 2.07. The fourth-order valence-electron chi connectivity index (χ4n) is 3.88. The molecule has 4 aromatic rings. The lowest BCUT2D eigenvalue weighted by Gasteiger charge is -2.13. The van der Waals surface area contributed by atoms with E-state index in [0.717, 1.165) is 0 Å². The van der Waals surface area contributed by atoms with Crippen LogP contribution in [-0.2, 0) is 17.8 Å². The summed E-state index contributed by atoms with van der Waals surface area (Å²) in [4.78, 5) is 26.4. The van der Waals surface area contributed by atoms with Gasteiger partial charge < -0.3 is 21.6 Å². The average Bonchev–Trinajstić information content (AvgIpc) is 3.17. The van der Waals surface area contributed by atoms with E-state index in [1.165, 1.54) is 0 Å². The molecule has 7 heteroatoms. The molecular formula is C24H20FN3O3. The third-order valence-electron chi connectivity index (χ3n) is 5.30. The van der Waals surface area contributed by atoms with Crippen LogP contribution in [0.25, 0.3) is 33.2 Å². The third kappa shape index (κ3) is 3.67. The topological polar surface area (TPSA) is 122 Å². The van der Waals surface area contributed by atoms with E-state index in [2.05, 4.69) is 4.98 Å². The first kappa shape index (κ1) is 20.3. The zero-order valence-electron chi connectivity index (χ0n) is 16.5. The summed E-state index contributed by atoms with van der Waals surface area (Å²) in [6.45, 7) is 0.0275. The number of carbonyl (C=O) groups excluding carboxylic acids is 1. The molecule has 0 atom stereocenters. The van der Waals surface area contributed by atoms with E-state index in [-0.39, 0.29) is 24.1 Å². The smallest absolute Gasteiger partial charge is 0.307 e. The van der Waals surface area contributed by atoms with Crippen molar-refractivity contribution in [2.45, 2.75) is 13.0 Å². The second-order valence-corrected chi connectivity index (χ2v) is 7.22. The van der Waals surface area contributed by atoms with Gasteiger partial charge in [-0.3, -0.25) is 9.59 Å². The van der Waals surface area contributed by atoms with Crippen molar-refractivity contribution in [2.75, 3.05) is 0 Å². The number of aromatic nitrogens is 1. The molecule has 3 aromatic carbocycles. The Morgan fingerprint density at radius 2 is 1.65 bits per heavy atom. The minimum Gasteiger partial charge on any atom is -0.481 e. The Bertz CT molecular complexity index is 1330. The first-order chi connectivity index (χ1) is 14.9. The van der Waals surface area contributed by atoms with Crippen molar-refractivity contribution in [3.8, 4) is 22.3 Å². The minimum absolute atomic E-state index is 0.0275. The summed E-state index contributed by atoms with van der Waals surface area (Å²) in [6.07, 6.45) is 1.57. The predicted molar refractivity (Wildman–Crippen MR) is 117 cm³/mol. The number of aliphatic carboxylic acids is 1. The number of carbonyl (C=O) groups is 2. The first-order valence-electron chi connectivity index (χ1n) is 9.63. The van der Waals surface area contributed by atoms with Crippen LogP contribution in [0.4, 0.5) is 4.39 Å². The number of carboxylic acids is 1. The molecule has 156 valence electrons. The molecular weight excluding hydrogens is 397 g/mol. The molecule has 0 aliphatic carbocycles. The van der Waals surface area contributed by atoms with Gasteiger partial charge in [-0.2, -0.15) is 0 Å².